The van der Waals surface area contributed by atoms with Gasteiger partial charge in [0.05, 0.1) is 43.4 Å². The van der Waals surface area contributed by atoms with Crippen LogP contribution in [0.25, 0.3) is 27.8 Å². The normalized spacial score (nSPS) is 21.8. The maximum absolute atomic E-state index is 16.2. The monoisotopic (exact) mass is 491 g/mol. The number of nitrogens with zero attached hydrogens (tertiary/aromatic N) is 4. The van der Waals surface area contributed by atoms with Crippen LogP contribution in [0.5, 0.6) is 5.75 Å². The van der Waals surface area contributed by atoms with Gasteiger partial charge < -0.3 is 14.5 Å². The van der Waals surface area contributed by atoms with E-state index in [2.05, 4.69) is 40.8 Å². The molecule has 8 heteroatoms. The molecule has 1 aliphatic carbocycles. The van der Waals surface area contributed by atoms with Crippen LogP contribution in [0.1, 0.15) is 76.0 Å². The zero-order chi connectivity index (χ0) is 25.0. The molecule has 1 N–H and O–H groups in total. The Hall–Kier alpha value is -3.00. The molecule has 0 spiro atoms. The SMILES string of the molecule is COc1cc(-c2[nH]c3cnc(C4CCC(CC5(C)COC5)CC4)c(F)c3c2C(C)C)cn2ncnc12. The minimum atomic E-state index is -0.171. The largest absolute Gasteiger partial charge is 0.493 e. The van der Waals surface area contributed by atoms with Gasteiger partial charge in [0.2, 0.25) is 0 Å². The molecular weight excluding hydrogens is 457 g/mol. The zero-order valence-corrected chi connectivity index (χ0v) is 21.5. The Labute approximate surface area is 210 Å². The van der Waals surface area contributed by atoms with Gasteiger partial charge in [-0.25, -0.2) is 13.9 Å². The molecule has 5 heterocycles. The van der Waals surface area contributed by atoms with E-state index < -0.39 is 0 Å². The molecule has 0 bridgehead atoms. The Morgan fingerprint density at radius 2 is 2.00 bits per heavy atom. The molecule has 4 aromatic rings. The van der Waals surface area contributed by atoms with Crippen LogP contribution < -0.4 is 4.74 Å². The highest BCUT2D eigenvalue weighted by Gasteiger charge is 2.37. The maximum Gasteiger partial charge on any atom is 0.197 e. The fraction of sp³-hybridized carbons (Fsp3) is 0.536. The van der Waals surface area contributed by atoms with Crippen molar-refractivity contribution >= 4 is 16.6 Å². The number of methoxy groups -OCH3 is 1. The number of H-pyrrole nitrogens is 1. The molecule has 0 unspecified atom stereocenters. The Morgan fingerprint density at radius 3 is 2.67 bits per heavy atom. The Balaban J connectivity index is 1.35. The highest BCUT2D eigenvalue weighted by Crippen LogP contribution is 2.45. The Morgan fingerprint density at radius 1 is 1.22 bits per heavy atom. The lowest BCUT2D eigenvalue weighted by molar-refractivity contribution is -0.115. The van der Waals surface area contributed by atoms with Crippen molar-refractivity contribution in [1.29, 1.82) is 0 Å². The number of halogens is 1. The fourth-order valence-electron chi connectivity index (χ4n) is 6.36. The first-order valence-corrected chi connectivity index (χ1v) is 13.0. The first-order valence-electron chi connectivity index (χ1n) is 13.0. The van der Waals surface area contributed by atoms with Crippen molar-refractivity contribution in [1.82, 2.24) is 24.6 Å². The third-order valence-electron chi connectivity index (χ3n) is 8.19. The molecule has 1 aliphatic heterocycles. The Bertz CT molecular complexity index is 1410. The molecule has 1 saturated carbocycles. The van der Waals surface area contributed by atoms with E-state index in [1.165, 1.54) is 12.7 Å². The maximum atomic E-state index is 16.2. The van der Waals surface area contributed by atoms with E-state index in [0.717, 1.165) is 61.2 Å². The number of aromatic amines is 1. The summed E-state index contributed by atoms with van der Waals surface area (Å²) in [6.07, 6.45) is 10.7. The van der Waals surface area contributed by atoms with Crippen LogP contribution in [0.4, 0.5) is 4.39 Å². The van der Waals surface area contributed by atoms with Gasteiger partial charge in [0.1, 0.15) is 6.33 Å². The van der Waals surface area contributed by atoms with Crippen LogP contribution in [-0.4, -0.2) is 44.9 Å². The van der Waals surface area contributed by atoms with Crippen LogP contribution in [0.3, 0.4) is 0 Å². The summed E-state index contributed by atoms with van der Waals surface area (Å²) in [6.45, 7) is 8.29. The van der Waals surface area contributed by atoms with E-state index in [1.54, 1.807) is 11.6 Å². The number of aromatic nitrogens is 5. The molecule has 1 saturated heterocycles. The van der Waals surface area contributed by atoms with E-state index in [4.69, 9.17) is 9.47 Å². The molecule has 2 fully saturated rings. The summed E-state index contributed by atoms with van der Waals surface area (Å²) in [4.78, 5) is 12.4. The summed E-state index contributed by atoms with van der Waals surface area (Å²) >= 11 is 0. The lowest BCUT2D eigenvalue weighted by Gasteiger charge is -2.42. The number of fused-ring (bicyclic) bond motifs is 2. The summed E-state index contributed by atoms with van der Waals surface area (Å²) in [5.41, 5.74) is 5.03. The van der Waals surface area contributed by atoms with E-state index >= 15 is 4.39 Å². The van der Waals surface area contributed by atoms with Gasteiger partial charge in [-0.05, 0) is 55.6 Å². The lowest BCUT2D eigenvalue weighted by Crippen LogP contribution is -2.41. The zero-order valence-electron chi connectivity index (χ0n) is 21.5. The summed E-state index contributed by atoms with van der Waals surface area (Å²) < 4.78 is 28.9. The first kappa shape index (κ1) is 23.4. The van der Waals surface area contributed by atoms with Gasteiger partial charge in [0.15, 0.2) is 17.2 Å². The number of ether oxygens (including phenoxy) is 2. The van der Waals surface area contributed by atoms with Crippen molar-refractivity contribution in [2.45, 2.75) is 64.7 Å². The number of hydrogen-bond donors (Lipinski definition) is 1. The smallest absolute Gasteiger partial charge is 0.197 e. The van der Waals surface area contributed by atoms with Crippen molar-refractivity contribution < 1.29 is 13.9 Å². The quantitative estimate of drug-likeness (QED) is 0.345. The van der Waals surface area contributed by atoms with Crippen molar-refractivity contribution in [3.05, 3.63) is 41.9 Å². The number of hydrogen-bond acceptors (Lipinski definition) is 5. The third kappa shape index (κ3) is 3.86. The van der Waals surface area contributed by atoms with E-state index in [-0.39, 0.29) is 17.7 Å². The van der Waals surface area contributed by atoms with Gasteiger partial charge in [0.25, 0.3) is 0 Å². The molecule has 4 aromatic heterocycles. The highest BCUT2D eigenvalue weighted by molar-refractivity contribution is 5.92. The molecule has 0 aromatic carbocycles. The predicted molar refractivity (Wildman–Crippen MR) is 137 cm³/mol. The molecule has 190 valence electrons. The van der Waals surface area contributed by atoms with Crippen molar-refractivity contribution in [3.63, 3.8) is 0 Å². The van der Waals surface area contributed by atoms with Gasteiger partial charge in [0, 0.05) is 28.5 Å². The molecule has 0 atom stereocenters. The van der Waals surface area contributed by atoms with Crippen LogP contribution in [-0.2, 0) is 4.74 Å². The molecule has 36 heavy (non-hydrogen) atoms. The first-order chi connectivity index (χ1) is 17.4. The molecular formula is C28H34FN5O2. The van der Waals surface area contributed by atoms with E-state index in [9.17, 15) is 0 Å². The molecule has 0 radical (unpaired) electrons. The van der Waals surface area contributed by atoms with Crippen LogP contribution in [0.2, 0.25) is 0 Å². The minimum Gasteiger partial charge on any atom is -0.493 e. The average molecular weight is 492 g/mol. The standard InChI is InChI=1S/C28H34FN5O2/c1-16(2)22-23-20(33-25(22)19-9-21(35-4)27-31-15-32-34(27)12-19)11-30-26(24(23)29)18-7-5-17(6-8-18)10-28(3)13-36-14-28/h9,11-12,15-18,33H,5-8,10,13-14H2,1-4H3. The summed E-state index contributed by atoms with van der Waals surface area (Å²) in [6, 6.07) is 1.93. The van der Waals surface area contributed by atoms with Crippen LogP contribution in [0.15, 0.2) is 24.8 Å². The van der Waals surface area contributed by atoms with Crippen molar-refractivity contribution in [2.24, 2.45) is 11.3 Å². The summed E-state index contributed by atoms with van der Waals surface area (Å²) in [5, 5.41) is 4.95. The van der Waals surface area contributed by atoms with Gasteiger partial charge in [-0.15, -0.1) is 0 Å². The van der Waals surface area contributed by atoms with Gasteiger partial charge >= 0.3 is 0 Å². The summed E-state index contributed by atoms with van der Waals surface area (Å²) in [5.74, 6) is 1.43. The van der Waals surface area contributed by atoms with Gasteiger partial charge in [-0.2, -0.15) is 5.10 Å². The van der Waals surface area contributed by atoms with Crippen LogP contribution >= 0.6 is 0 Å². The van der Waals surface area contributed by atoms with Gasteiger partial charge in [-0.3, -0.25) is 4.98 Å². The third-order valence-corrected chi connectivity index (χ3v) is 8.19. The number of pyridine rings is 2. The average Bonchev–Trinajstić information content (AvgIpc) is 3.48. The molecule has 2 aliphatic rings. The molecule has 0 amide bonds. The minimum absolute atomic E-state index is 0.108. The topological polar surface area (TPSA) is 77.3 Å². The van der Waals surface area contributed by atoms with E-state index in [0.29, 0.717) is 33.8 Å². The molecule has 6 rings (SSSR count). The second-order valence-corrected chi connectivity index (χ2v) is 11.4. The van der Waals surface area contributed by atoms with Crippen molar-refractivity contribution in [2.75, 3.05) is 20.3 Å². The summed E-state index contributed by atoms with van der Waals surface area (Å²) in [7, 11) is 1.62. The van der Waals surface area contributed by atoms with Gasteiger partial charge in [-0.1, -0.05) is 20.8 Å². The number of rotatable bonds is 6. The predicted octanol–water partition coefficient (Wildman–Crippen LogP) is 6.24. The van der Waals surface area contributed by atoms with Crippen LogP contribution in [0, 0.1) is 17.2 Å². The van der Waals surface area contributed by atoms with E-state index in [1.807, 2.05) is 18.5 Å². The Kier molecular flexibility index (Phi) is 5.74. The highest BCUT2D eigenvalue weighted by atomic mass is 19.1. The second kappa shape index (κ2) is 8.83. The fourth-order valence-corrected chi connectivity index (χ4v) is 6.36. The molecule has 7 nitrogen and oxygen atoms in total. The number of nitrogens with one attached hydrogen (secondary N) is 1. The second-order valence-electron chi connectivity index (χ2n) is 11.4. The lowest BCUT2D eigenvalue weighted by atomic mass is 9.71. The van der Waals surface area contributed by atoms with Crippen molar-refractivity contribution in [3.8, 4) is 17.0 Å².